The summed E-state index contributed by atoms with van der Waals surface area (Å²) < 4.78 is 0. The molecule has 2 heteroatoms. The first-order valence-corrected chi connectivity index (χ1v) is 6.15. The van der Waals surface area contributed by atoms with E-state index in [0.717, 1.165) is 12.8 Å². The fourth-order valence-electron chi connectivity index (χ4n) is 2.71. The first kappa shape index (κ1) is 12.1. The highest BCUT2D eigenvalue weighted by Gasteiger charge is 2.52. The van der Waals surface area contributed by atoms with Crippen molar-refractivity contribution in [2.45, 2.75) is 32.7 Å². The minimum atomic E-state index is -0.151. The first-order chi connectivity index (χ1) is 8.00. The highest BCUT2D eigenvalue weighted by molar-refractivity contribution is 5.37. The zero-order chi connectivity index (χ0) is 12.6. The maximum absolute atomic E-state index is 9.42. The number of nitriles is 1. The standard InChI is InChI=1S/C15H20N2/c1-11-5-6-12(2)13(9-11)14(17(3)4)15(10-16)7-8-15/h5-6,9,14H,7-8H2,1-4H3. The fraction of sp³-hybridized carbons (Fsp3) is 0.533. The van der Waals surface area contributed by atoms with Gasteiger partial charge in [-0.3, -0.25) is 0 Å². The van der Waals surface area contributed by atoms with Gasteiger partial charge in [0, 0.05) is 0 Å². The van der Waals surface area contributed by atoms with Crippen LogP contribution in [-0.2, 0) is 0 Å². The summed E-state index contributed by atoms with van der Waals surface area (Å²) in [6.45, 7) is 4.25. The molecule has 1 saturated carbocycles. The molecule has 1 aliphatic rings. The average molecular weight is 228 g/mol. The minimum absolute atomic E-state index is 0.151. The lowest BCUT2D eigenvalue weighted by Gasteiger charge is -2.30. The van der Waals surface area contributed by atoms with Gasteiger partial charge in [-0.25, -0.2) is 0 Å². The van der Waals surface area contributed by atoms with E-state index in [1.165, 1.54) is 16.7 Å². The van der Waals surface area contributed by atoms with E-state index in [1.54, 1.807) is 0 Å². The molecule has 0 saturated heterocycles. The van der Waals surface area contributed by atoms with E-state index in [1.807, 2.05) is 0 Å². The number of nitrogens with zero attached hydrogens (tertiary/aromatic N) is 2. The van der Waals surface area contributed by atoms with Crippen LogP contribution in [0.1, 0.15) is 35.6 Å². The van der Waals surface area contributed by atoms with Crippen LogP contribution in [0, 0.1) is 30.6 Å². The van der Waals surface area contributed by atoms with Crippen molar-refractivity contribution in [3.8, 4) is 6.07 Å². The smallest absolute Gasteiger partial charge is 0.0771 e. The quantitative estimate of drug-likeness (QED) is 0.794. The van der Waals surface area contributed by atoms with Crippen LogP contribution >= 0.6 is 0 Å². The van der Waals surface area contributed by atoms with Crippen molar-refractivity contribution in [3.63, 3.8) is 0 Å². The lowest BCUT2D eigenvalue weighted by Crippen LogP contribution is -2.28. The van der Waals surface area contributed by atoms with Crippen molar-refractivity contribution >= 4 is 0 Å². The van der Waals surface area contributed by atoms with E-state index in [-0.39, 0.29) is 11.5 Å². The monoisotopic (exact) mass is 228 g/mol. The Hall–Kier alpha value is -1.33. The summed E-state index contributed by atoms with van der Waals surface area (Å²) >= 11 is 0. The van der Waals surface area contributed by atoms with Crippen molar-refractivity contribution in [1.82, 2.24) is 4.90 Å². The molecule has 0 amide bonds. The summed E-state index contributed by atoms with van der Waals surface area (Å²) in [6, 6.07) is 9.30. The van der Waals surface area contributed by atoms with Crippen LogP contribution in [0.2, 0.25) is 0 Å². The normalized spacial score (nSPS) is 18.8. The first-order valence-electron chi connectivity index (χ1n) is 6.15. The maximum atomic E-state index is 9.42. The van der Waals surface area contributed by atoms with Gasteiger partial charge in [-0.1, -0.05) is 23.8 Å². The predicted octanol–water partition coefficient (Wildman–Crippen LogP) is 3.21. The number of rotatable bonds is 3. The minimum Gasteiger partial charge on any atom is -0.301 e. The van der Waals surface area contributed by atoms with Crippen molar-refractivity contribution in [3.05, 3.63) is 34.9 Å². The molecule has 2 nitrogen and oxygen atoms in total. The third-order valence-electron chi connectivity index (χ3n) is 3.78. The molecule has 0 aromatic heterocycles. The predicted molar refractivity (Wildman–Crippen MR) is 69.6 cm³/mol. The Morgan fingerprint density at radius 1 is 1.29 bits per heavy atom. The molecule has 1 aliphatic carbocycles. The molecule has 2 rings (SSSR count). The second-order valence-electron chi connectivity index (χ2n) is 5.49. The van der Waals surface area contributed by atoms with Gasteiger partial charge in [0.25, 0.3) is 0 Å². The molecule has 0 spiro atoms. The van der Waals surface area contributed by atoms with Crippen molar-refractivity contribution < 1.29 is 0 Å². The molecule has 1 atom stereocenters. The van der Waals surface area contributed by atoms with Gasteiger partial charge in [0.2, 0.25) is 0 Å². The largest absolute Gasteiger partial charge is 0.301 e. The van der Waals surface area contributed by atoms with E-state index >= 15 is 0 Å². The molecule has 0 N–H and O–H groups in total. The van der Waals surface area contributed by atoms with E-state index in [4.69, 9.17) is 0 Å². The summed E-state index contributed by atoms with van der Waals surface area (Å²) in [6.07, 6.45) is 2.06. The van der Waals surface area contributed by atoms with Gasteiger partial charge >= 0.3 is 0 Å². The molecule has 1 aromatic rings. The molecule has 1 unspecified atom stereocenters. The molecule has 1 aromatic carbocycles. The number of benzene rings is 1. The van der Waals surface area contributed by atoms with Crippen LogP contribution < -0.4 is 0 Å². The molecule has 0 aliphatic heterocycles. The highest BCUT2D eigenvalue weighted by atomic mass is 15.1. The van der Waals surface area contributed by atoms with Gasteiger partial charge in [0.15, 0.2) is 0 Å². The Bertz CT molecular complexity index is 464. The number of aryl methyl sites for hydroxylation is 2. The molecule has 90 valence electrons. The van der Waals surface area contributed by atoms with Gasteiger partial charge in [-0.2, -0.15) is 5.26 Å². The Morgan fingerprint density at radius 3 is 2.41 bits per heavy atom. The molecular formula is C15H20N2. The van der Waals surface area contributed by atoms with Crippen molar-refractivity contribution in [2.24, 2.45) is 5.41 Å². The SMILES string of the molecule is Cc1ccc(C)c(C(N(C)C)C2(C#N)CC2)c1. The Labute approximate surface area is 104 Å². The molecule has 0 radical (unpaired) electrons. The molecule has 0 heterocycles. The lowest BCUT2D eigenvalue weighted by atomic mass is 9.87. The van der Waals surface area contributed by atoms with Crippen LogP contribution in [0.3, 0.4) is 0 Å². The van der Waals surface area contributed by atoms with Gasteiger partial charge in [0.05, 0.1) is 17.5 Å². The van der Waals surface area contributed by atoms with Crippen LogP contribution in [-0.4, -0.2) is 19.0 Å². The van der Waals surface area contributed by atoms with Crippen molar-refractivity contribution in [2.75, 3.05) is 14.1 Å². The van der Waals surface area contributed by atoms with Crippen LogP contribution in [0.5, 0.6) is 0 Å². The second kappa shape index (κ2) is 4.16. The zero-order valence-electron chi connectivity index (χ0n) is 11.1. The lowest BCUT2D eigenvalue weighted by molar-refractivity contribution is 0.231. The molecular weight excluding hydrogens is 208 g/mol. The summed E-state index contributed by atoms with van der Waals surface area (Å²) in [4.78, 5) is 2.19. The Morgan fingerprint density at radius 2 is 1.94 bits per heavy atom. The summed E-state index contributed by atoms with van der Waals surface area (Å²) in [7, 11) is 4.15. The van der Waals surface area contributed by atoms with E-state index < -0.39 is 0 Å². The van der Waals surface area contributed by atoms with E-state index in [0.29, 0.717) is 0 Å². The third kappa shape index (κ3) is 2.08. The maximum Gasteiger partial charge on any atom is 0.0771 e. The van der Waals surface area contributed by atoms with Crippen LogP contribution in [0.25, 0.3) is 0 Å². The third-order valence-corrected chi connectivity index (χ3v) is 3.78. The summed E-state index contributed by atoms with van der Waals surface area (Å²) in [5.74, 6) is 0. The highest BCUT2D eigenvalue weighted by Crippen LogP contribution is 2.56. The second-order valence-corrected chi connectivity index (χ2v) is 5.49. The topological polar surface area (TPSA) is 27.0 Å². The van der Waals surface area contributed by atoms with Gasteiger partial charge in [-0.05, 0) is 51.9 Å². The summed E-state index contributed by atoms with van der Waals surface area (Å²) in [5, 5.41) is 9.42. The van der Waals surface area contributed by atoms with Gasteiger partial charge in [0.1, 0.15) is 0 Å². The van der Waals surface area contributed by atoms with E-state index in [9.17, 15) is 5.26 Å². The number of hydrogen-bond donors (Lipinski definition) is 0. The van der Waals surface area contributed by atoms with Gasteiger partial charge < -0.3 is 4.90 Å². The van der Waals surface area contributed by atoms with E-state index in [2.05, 4.69) is 57.1 Å². The zero-order valence-corrected chi connectivity index (χ0v) is 11.1. The van der Waals surface area contributed by atoms with Crippen LogP contribution in [0.15, 0.2) is 18.2 Å². The molecule has 1 fully saturated rings. The number of hydrogen-bond acceptors (Lipinski definition) is 2. The van der Waals surface area contributed by atoms with Crippen molar-refractivity contribution in [1.29, 1.82) is 5.26 Å². The Kier molecular flexibility index (Phi) is 2.97. The van der Waals surface area contributed by atoms with Gasteiger partial charge in [-0.15, -0.1) is 0 Å². The molecule has 0 bridgehead atoms. The fourth-order valence-corrected chi connectivity index (χ4v) is 2.71. The Balaban J connectivity index is 2.48. The van der Waals surface area contributed by atoms with Crippen LogP contribution in [0.4, 0.5) is 0 Å². The average Bonchev–Trinajstić information content (AvgIpc) is 3.04. The molecule has 17 heavy (non-hydrogen) atoms. The summed E-state index contributed by atoms with van der Waals surface area (Å²) in [5.41, 5.74) is 3.72.